The van der Waals surface area contributed by atoms with E-state index in [9.17, 15) is 23.5 Å². The molecule has 1 aliphatic carbocycles. The number of hydrogen-bond acceptors (Lipinski definition) is 5. The number of fused-ring (bicyclic) bond motifs is 1. The lowest BCUT2D eigenvalue weighted by Crippen LogP contribution is -2.70. The van der Waals surface area contributed by atoms with Crippen LogP contribution in [-0.2, 0) is 0 Å². The van der Waals surface area contributed by atoms with Crippen LogP contribution >= 0.6 is 0 Å². The average molecular weight is 469 g/mol. The Kier molecular flexibility index (Phi) is 4.93. The summed E-state index contributed by atoms with van der Waals surface area (Å²) in [5.74, 6) is -3.28. The first-order valence-corrected chi connectivity index (χ1v) is 11.3. The second-order valence-corrected chi connectivity index (χ2v) is 9.59. The Balaban J connectivity index is 1.55. The Hall–Kier alpha value is -3.49. The zero-order chi connectivity index (χ0) is 24.4. The largest absolute Gasteiger partial charge is 0.478 e. The molecule has 34 heavy (non-hydrogen) atoms. The van der Waals surface area contributed by atoms with E-state index in [4.69, 9.17) is 4.98 Å². The fourth-order valence-electron chi connectivity index (χ4n) is 5.11. The molecule has 3 aromatic rings. The minimum atomic E-state index is -2.67. The van der Waals surface area contributed by atoms with E-state index >= 15 is 0 Å². The molecule has 0 bridgehead atoms. The van der Waals surface area contributed by atoms with Gasteiger partial charge in [0.25, 0.3) is 11.5 Å². The third kappa shape index (κ3) is 3.25. The van der Waals surface area contributed by atoms with E-state index in [0.29, 0.717) is 34.7 Å². The monoisotopic (exact) mass is 468 g/mol. The van der Waals surface area contributed by atoms with Crippen molar-refractivity contribution in [1.82, 2.24) is 9.38 Å². The lowest BCUT2D eigenvalue weighted by Gasteiger charge is -2.60. The maximum absolute atomic E-state index is 14.1. The van der Waals surface area contributed by atoms with Crippen LogP contribution < -0.4 is 15.8 Å². The Labute approximate surface area is 195 Å². The van der Waals surface area contributed by atoms with E-state index in [-0.39, 0.29) is 36.7 Å². The van der Waals surface area contributed by atoms with Crippen LogP contribution in [0, 0.1) is 19.3 Å². The van der Waals surface area contributed by atoms with Crippen LogP contribution in [0.3, 0.4) is 0 Å². The molecule has 2 aromatic heterocycles. The van der Waals surface area contributed by atoms with Crippen LogP contribution in [0.1, 0.15) is 52.9 Å². The SMILES string of the molecule is Cc1cc([C@@H](C)Nc2ccccc2C(=O)O)c2nc(N3CC4(CCC4(F)F)C3)c(C)c(=O)n2c1. The first kappa shape index (κ1) is 22.3. The summed E-state index contributed by atoms with van der Waals surface area (Å²) in [7, 11) is 0. The number of alkyl halides is 2. The van der Waals surface area contributed by atoms with Crippen LogP contribution in [-0.4, -0.2) is 39.5 Å². The predicted octanol–water partition coefficient (Wildman–Crippen LogP) is 4.42. The maximum atomic E-state index is 14.1. The number of rotatable bonds is 5. The molecule has 1 atom stereocenters. The molecule has 9 heteroatoms. The standard InChI is InChI=1S/C25H26F2N4O3/c1-14-10-18(16(3)28-19-7-5-4-6-17(19)23(33)34)21-29-20(15(2)22(32)31(21)11-14)30-12-24(13-30)8-9-25(24,26)27/h4-7,10-11,16,28H,8-9,12-13H2,1-3H3,(H,33,34)/t16-/m1/s1. The molecule has 178 valence electrons. The molecule has 1 aromatic carbocycles. The van der Waals surface area contributed by atoms with Crippen molar-refractivity contribution in [2.45, 2.75) is 45.6 Å². The molecule has 1 saturated heterocycles. The topological polar surface area (TPSA) is 86.9 Å². The van der Waals surface area contributed by atoms with Crippen molar-refractivity contribution in [2.75, 3.05) is 23.3 Å². The number of anilines is 2. The van der Waals surface area contributed by atoms with Gasteiger partial charge in [0.2, 0.25) is 0 Å². The molecule has 0 unspecified atom stereocenters. The maximum Gasteiger partial charge on any atom is 0.337 e. The molecule has 2 fully saturated rings. The molecule has 2 N–H and O–H groups in total. The zero-order valence-corrected chi connectivity index (χ0v) is 19.2. The van der Waals surface area contributed by atoms with Crippen molar-refractivity contribution in [3.8, 4) is 0 Å². The molecule has 1 saturated carbocycles. The van der Waals surface area contributed by atoms with Gasteiger partial charge in [-0.05, 0) is 51.0 Å². The van der Waals surface area contributed by atoms with Crippen LogP contribution in [0.5, 0.6) is 0 Å². The Bertz CT molecular complexity index is 1380. The van der Waals surface area contributed by atoms with E-state index in [2.05, 4.69) is 5.32 Å². The number of aryl methyl sites for hydroxylation is 1. The summed E-state index contributed by atoms with van der Waals surface area (Å²) < 4.78 is 29.7. The summed E-state index contributed by atoms with van der Waals surface area (Å²) >= 11 is 0. The summed E-state index contributed by atoms with van der Waals surface area (Å²) in [6, 6.07) is 8.13. The van der Waals surface area contributed by atoms with Gasteiger partial charge in [0.15, 0.2) is 0 Å². The average Bonchev–Trinajstić information content (AvgIpc) is 2.75. The summed E-state index contributed by atoms with van der Waals surface area (Å²) in [6.45, 7) is 5.78. The predicted molar refractivity (Wildman–Crippen MR) is 125 cm³/mol. The second-order valence-electron chi connectivity index (χ2n) is 9.59. The number of benzene rings is 1. The molecule has 1 aliphatic heterocycles. The fourth-order valence-corrected chi connectivity index (χ4v) is 5.11. The first-order chi connectivity index (χ1) is 16.0. The van der Waals surface area contributed by atoms with Gasteiger partial charge in [-0.15, -0.1) is 0 Å². The van der Waals surface area contributed by atoms with Gasteiger partial charge in [0, 0.05) is 37.0 Å². The highest BCUT2D eigenvalue weighted by atomic mass is 19.3. The van der Waals surface area contributed by atoms with Crippen molar-refractivity contribution in [3.63, 3.8) is 0 Å². The fraction of sp³-hybridized carbons (Fsp3) is 0.400. The molecule has 5 rings (SSSR count). The number of pyridine rings is 1. The lowest BCUT2D eigenvalue weighted by molar-refractivity contribution is -0.212. The van der Waals surface area contributed by atoms with E-state index in [1.165, 1.54) is 10.5 Å². The van der Waals surface area contributed by atoms with E-state index in [0.717, 1.165) is 5.56 Å². The minimum Gasteiger partial charge on any atom is -0.478 e. The number of carboxylic acid groups (broad SMARTS) is 1. The number of aromatic carboxylic acids is 1. The number of para-hydroxylation sites is 1. The number of halogens is 2. The van der Waals surface area contributed by atoms with Crippen LogP contribution in [0.4, 0.5) is 20.3 Å². The third-order valence-corrected chi connectivity index (χ3v) is 7.27. The number of carbonyl (C=O) groups is 1. The lowest BCUT2D eigenvalue weighted by atomic mass is 9.60. The van der Waals surface area contributed by atoms with Crippen molar-refractivity contribution < 1.29 is 18.7 Å². The van der Waals surface area contributed by atoms with Gasteiger partial charge in [-0.2, -0.15) is 0 Å². The minimum absolute atomic E-state index is 0.0853. The van der Waals surface area contributed by atoms with Gasteiger partial charge in [-0.3, -0.25) is 9.20 Å². The van der Waals surface area contributed by atoms with E-state index in [1.54, 1.807) is 36.2 Å². The van der Waals surface area contributed by atoms with Crippen molar-refractivity contribution >= 4 is 23.1 Å². The highest BCUT2D eigenvalue weighted by Gasteiger charge is 2.67. The second kappa shape index (κ2) is 7.51. The Morgan fingerprint density at radius 2 is 1.91 bits per heavy atom. The van der Waals surface area contributed by atoms with Crippen LogP contribution in [0.25, 0.3) is 5.65 Å². The van der Waals surface area contributed by atoms with Gasteiger partial charge < -0.3 is 15.3 Å². The Morgan fingerprint density at radius 1 is 1.21 bits per heavy atom. The van der Waals surface area contributed by atoms with Crippen LogP contribution in [0.15, 0.2) is 41.3 Å². The van der Waals surface area contributed by atoms with E-state index < -0.39 is 17.3 Å². The quantitative estimate of drug-likeness (QED) is 0.577. The summed E-state index contributed by atoms with van der Waals surface area (Å²) in [6.07, 6.45) is 2.11. The molecule has 0 radical (unpaired) electrons. The first-order valence-electron chi connectivity index (χ1n) is 11.3. The van der Waals surface area contributed by atoms with Crippen molar-refractivity contribution in [1.29, 1.82) is 0 Å². The zero-order valence-electron chi connectivity index (χ0n) is 19.2. The summed E-state index contributed by atoms with van der Waals surface area (Å²) in [4.78, 5) is 31.4. The normalized spacial score (nSPS) is 18.9. The third-order valence-electron chi connectivity index (χ3n) is 7.27. The number of carboxylic acids is 1. The number of nitrogens with one attached hydrogen (secondary N) is 1. The molecule has 7 nitrogen and oxygen atoms in total. The van der Waals surface area contributed by atoms with Crippen molar-refractivity contribution in [2.24, 2.45) is 5.41 Å². The van der Waals surface area contributed by atoms with Crippen LogP contribution in [0.2, 0.25) is 0 Å². The summed E-state index contributed by atoms with van der Waals surface area (Å²) in [5.41, 5.74) is 1.74. The molecule has 2 aliphatic rings. The number of aromatic nitrogens is 2. The van der Waals surface area contributed by atoms with Gasteiger partial charge in [0.05, 0.1) is 22.6 Å². The smallest absolute Gasteiger partial charge is 0.337 e. The van der Waals surface area contributed by atoms with E-state index in [1.807, 2.05) is 19.9 Å². The molecular weight excluding hydrogens is 442 g/mol. The van der Waals surface area contributed by atoms with Gasteiger partial charge in [0.1, 0.15) is 11.5 Å². The van der Waals surface area contributed by atoms with Gasteiger partial charge >= 0.3 is 5.97 Å². The molecule has 0 amide bonds. The Morgan fingerprint density at radius 3 is 2.53 bits per heavy atom. The van der Waals surface area contributed by atoms with Gasteiger partial charge in [-0.25, -0.2) is 18.6 Å². The highest BCUT2D eigenvalue weighted by molar-refractivity contribution is 5.94. The summed E-state index contributed by atoms with van der Waals surface area (Å²) in [5, 5.41) is 12.7. The molecular formula is C25H26F2N4O3. The molecule has 3 heterocycles. The van der Waals surface area contributed by atoms with Crippen molar-refractivity contribution in [3.05, 3.63) is 69.1 Å². The molecule has 1 spiro atoms. The highest BCUT2D eigenvalue weighted by Crippen LogP contribution is 2.59. The number of hydrogen-bond donors (Lipinski definition) is 2. The number of nitrogens with zero attached hydrogens (tertiary/aromatic N) is 3. The van der Waals surface area contributed by atoms with Gasteiger partial charge in [-0.1, -0.05) is 12.1 Å².